The van der Waals surface area contributed by atoms with Gasteiger partial charge in [0.25, 0.3) is 0 Å². The monoisotopic (exact) mass is 329 g/mol. The van der Waals surface area contributed by atoms with Crippen LogP contribution in [0.4, 0.5) is 0 Å². The molecule has 126 valence electrons. The van der Waals surface area contributed by atoms with Crippen molar-refractivity contribution in [2.45, 2.75) is 26.2 Å². The van der Waals surface area contributed by atoms with E-state index in [2.05, 4.69) is 10.3 Å². The quantitative estimate of drug-likeness (QED) is 0.873. The maximum atomic E-state index is 11.9. The summed E-state index contributed by atoms with van der Waals surface area (Å²) in [6.45, 7) is 2.95. The first-order valence-corrected chi connectivity index (χ1v) is 7.98. The first-order valence-electron chi connectivity index (χ1n) is 7.98. The van der Waals surface area contributed by atoms with Crippen molar-refractivity contribution in [3.8, 4) is 11.3 Å². The number of carbonyl (C=O) groups is 2. The van der Waals surface area contributed by atoms with Gasteiger partial charge in [-0.05, 0) is 25.5 Å². The lowest BCUT2D eigenvalue weighted by Gasteiger charge is -2.15. The van der Waals surface area contributed by atoms with E-state index in [1.165, 1.54) is 12.1 Å². The zero-order valence-corrected chi connectivity index (χ0v) is 13.5. The Balaban J connectivity index is 1.58. The van der Waals surface area contributed by atoms with E-state index in [-0.39, 0.29) is 23.8 Å². The molecule has 0 unspecified atom stereocenters. The highest BCUT2D eigenvalue weighted by Gasteiger charge is 2.22. The number of hydrogen-bond donors (Lipinski definition) is 1. The number of benzene rings is 1. The molecule has 0 bridgehead atoms. The second kappa shape index (κ2) is 6.82. The van der Waals surface area contributed by atoms with Crippen LogP contribution in [0.15, 0.2) is 27.4 Å². The van der Waals surface area contributed by atoms with E-state index in [0.717, 1.165) is 17.7 Å². The molecule has 0 aromatic carbocycles. The number of aryl methyl sites for hydroxylation is 1. The van der Waals surface area contributed by atoms with E-state index >= 15 is 0 Å². The Bertz CT molecular complexity index is 799. The van der Waals surface area contributed by atoms with Crippen molar-refractivity contribution < 1.29 is 14.0 Å². The van der Waals surface area contributed by atoms with Gasteiger partial charge in [-0.25, -0.2) is 4.98 Å². The van der Waals surface area contributed by atoms with Crippen molar-refractivity contribution in [3.63, 3.8) is 0 Å². The molecule has 0 spiro atoms. The summed E-state index contributed by atoms with van der Waals surface area (Å²) in [6.07, 6.45) is 1.75. The second-order valence-corrected chi connectivity index (χ2v) is 5.87. The van der Waals surface area contributed by atoms with Crippen LogP contribution >= 0.6 is 0 Å². The van der Waals surface area contributed by atoms with E-state index in [0.29, 0.717) is 37.6 Å². The number of likely N-dealkylation sites (tertiary alicyclic amines) is 1. The van der Waals surface area contributed by atoms with E-state index in [1.54, 1.807) is 11.0 Å². The lowest BCUT2D eigenvalue weighted by molar-refractivity contribution is -0.133. The molecule has 2 heterocycles. The fourth-order valence-corrected chi connectivity index (χ4v) is 2.80. The van der Waals surface area contributed by atoms with Crippen LogP contribution in [0.2, 0.25) is 0 Å². The smallest absolute Gasteiger partial charge is 0.239 e. The van der Waals surface area contributed by atoms with Gasteiger partial charge in [0.2, 0.25) is 11.8 Å². The summed E-state index contributed by atoms with van der Waals surface area (Å²) in [4.78, 5) is 40.7. The first-order chi connectivity index (χ1) is 11.5. The molecule has 3 aliphatic rings. The number of nitrogens with one attached hydrogen (secondary N) is 1. The van der Waals surface area contributed by atoms with Gasteiger partial charge in [0.05, 0.1) is 12.2 Å². The van der Waals surface area contributed by atoms with Crippen molar-refractivity contribution in [1.82, 2.24) is 15.2 Å². The highest BCUT2D eigenvalue weighted by molar-refractivity contribution is 5.85. The van der Waals surface area contributed by atoms with Crippen LogP contribution in [0.3, 0.4) is 0 Å². The number of nitrogens with zero attached hydrogens (tertiary/aromatic N) is 2. The van der Waals surface area contributed by atoms with Crippen LogP contribution in [-0.2, 0) is 16.0 Å². The number of amides is 2. The Morgan fingerprint density at radius 3 is 2.96 bits per heavy atom. The van der Waals surface area contributed by atoms with Gasteiger partial charge in [-0.15, -0.1) is 0 Å². The molecule has 24 heavy (non-hydrogen) atoms. The molecule has 2 aliphatic heterocycles. The average Bonchev–Trinajstić information content (AvgIpc) is 2.92. The Hall–Kier alpha value is -2.70. The molecule has 1 N–H and O–H groups in total. The summed E-state index contributed by atoms with van der Waals surface area (Å²) < 4.78 is 5.63. The normalized spacial score (nSPS) is 14.4. The Morgan fingerprint density at radius 1 is 1.38 bits per heavy atom. The van der Waals surface area contributed by atoms with Crippen molar-refractivity contribution in [2.75, 3.05) is 19.6 Å². The summed E-state index contributed by atoms with van der Waals surface area (Å²) in [5.74, 6) is 0.798. The number of carbonyl (C=O) groups excluding carboxylic acids is 2. The SMILES string of the molecule is Cc1nc(CCNC(=O)CN2CCCC2=O)oc2cc(=O)ccc1-2. The average molecular weight is 329 g/mol. The van der Waals surface area contributed by atoms with Crippen molar-refractivity contribution >= 4 is 11.8 Å². The minimum absolute atomic E-state index is 0.0281. The van der Waals surface area contributed by atoms with Gasteiger partial charge in [-0.2, -0.15) is 0 Å². The Labute approximate surface area is 139 Å². The third-order valence-corrected chi connectivity index (χ3v) is 4.03. The van der Waals surface area contributed by atoms with E-state index in [1.807, 2.05) is 6.92 Å². The molecule has 0 saturated carbocycles. The molecule has 0 radical (unpaired) electrons. The third-order valence-electron chi connectivity index (χ3n) is 4.03. The molecular weight excluding hydrogens is 310 g/mol. The molecule has 3 rings (SSSR count). The third kappa shape index (κ3) is 3.61. The molecule has 7 heteroatoms. The molecule has 2 amide bonds. The minimum Gasteiger partial charge on any atom is -0.442 e. The Kier molecular flexibility index (Phi) is 4.59. The zero-order chi connectivity index (χ0) is 17.1. The summed E-state index contributed by atoms with van der Waals surface area (Å²) in [5, 5.41) is 2.76. The molecule has 0 aromatic rings. The van der Waals surface area contributed by atoms with Crippen LogP contribution in [0.25, 0.3) is 11.3 Å². The number of hydrogen-bond acceptors (Lipinski definition) is 5. The predicted octanol–water partition coefficient (Wildman–Crippen LogP) is 0.729. The van der Waals surface area contributed by atoms with E-state index in [9.17, 15) is 14.4 Å². The van der Waals surface area contributed by atoms with Gasteiger partial charge in [0, 0.05) is 37.6 Å². The standard InChI is InChI=1S/C17H19N3O4/c1-11-13-5-4-12(21)9-14(13)24-16(19-11)6-7-18-15(22)10-20-8-2-3-17(20)23/h4-5,9H,2-3,6-8,10H2,1H3,(H,18,22). The highest BCUT2D eigenvalue weighted by Crippen LogP contribution is 2.23. The molecule has 1 saturated heterocycles. The molecule has 7 nitrogen and oxygen atoms in total. The summed E-state index contributed by atoms with van der Waals surface area (Å²) in [6, 6.07) is 4.61. The lowest BCUT2D eigenvalue weighted by atomic mass is 10.1. The van der Waals surface area contributed by atoms with Crippen LogP contribution in [0.5, 0.6) is 0 Å². The van der Waals surface area contributed by atoms with Crippen LogP contribution in [0, 0.1) is 6.92 Å². The molecule has 1 aliphatic carbocycles. The highest BCUT2D eigenvalue weighted by atomic mass is 16.3. The fourth-order valence-electron chi connectivity index (χ4n) is 2.80. The zero-order valence-electron chi connectivity index (χ0n) is 13.5. The first kappa shape index (κ1) is 16.2. The minimum atomic E-state index is -0.190. The van der Waals surface area contributed by atoms with E-state index < -0.39 is 0 Å². The summed E-state index contributed by atoms with van der Waals surface area (Å²) in [7, 11) is 0. The van der Waals surface area contributed by atoms with Gasteiger partial charge >= 0.3 is 0 Å². The number of fused-ring (bicyclic) bond motifs is 1. The largest absolute Gasteiger partial charge is 0.442 e. The Morgan fingerprint density at radius 2 is 2.21 bits per heavy atom. The van der Waals surface area contributed by atoms with Crippen molar-refractivity contribution in [1.29, 1.82) is 0 Å². The fraction of sp³-hybridized carbons (Fsp3) is 0.412. The van der Waals surface area contributed by atoms with Crippen LogP contribution < -0.4 is 10.7 Å². The predicted molar refractivity (Wildman–Crippen MR) is 86.7 cm³/mol. The van der Waals surface area contributed by atoms with Gasteiger partial charge in [-0.1, -0.05) is 0 Å². The van der Waals surface area contributed by atoms with Crippen LogP contribution in [-0.4, -0.2) is 41.3 Å². The maximum absolute atomic E-state index is 11.9. The summed E-state index contributed by atoms with van der Waals surface area (Å²) in [5.41, 5.74) is 1.46. The lowest BCUT2D eigenvalue weighted by Crippen LogP contribution is -2.38. The number of rotatable bonds is 5. The van der Waals surface area contributed by atoms with Crippen LogP contribution in [0.1, 0.15) is 24.4 Å². The molecular formula is C17H19N3O4. The number of aromatic nitrogens is 1. The second-order valence-electron chi connectivity index (χ2n) is 5.87. The van der Waals surface area contributed by atoms with Crippen molar-refractivity contribution in [2.24, 2.45) is 0 Å². The van der Waals surface area contributed by atoms with Gasteiger partial charge in [0.1, 0.15) is 5.76 Å². The van der Waals surface area contributed by atoms with Gasteiger partial charge in [0.15, 0.2) is 11.3 Å². The molecule has 0 aromatic heterocycles. The topological polar surface area (TPSA) is 92.5 Å². The van der Waals surface area contributed by atoms with Gasteiger partial charge in [-0.3, -0.25) is 14.4 Å². The molecule has 0 atom stereocenters. The van der Waals surface area contributed by atoms with Gasteiger partial charge < -0.3 is 14.6 Å². The van der Waals surface area contributed by atoms with Crippen molar-refractivity contribution in [3.05, 3.63) is 40.0 Å². The molecule has 1 fully saturated rings. The van der Waals surface area contributed by atoms with E-state index in [4.69, 9.17) is 4.42 Å². The summed E-state index contributed by atoms with van der Waals surface area (Å²) >= 11 is 0. The maximum Gasteiger partial charge on any atom is 0.239 e.